The molecule has 1 heterocycles. The standard InChI is InChI=1S/C24H27F4N3O3S/c25-19-9-7-16(8-10-19)22-15-30(20-5-2-6-21(14-20)35(29,33)34)11-12-31(22)23(32)17-3-1-4-18(13-17)24(26,27)28/h2,5-10,14,17-18,22H,1,3-4,11-13,15H2,(H2,29,33,34)/t17?,18-,22-/m1/s1. The minimum Gasteiger partial charge on any atom is -0.367 e. The van der Waals surface area contributed by atoms with Gasteiger partial charge in [-0.2, -0.15) is 13.2 Å². The number of amides is 1. The molecule has 0 spiro atoms. The van der Waals surface area contributed by atoms with Gasteiger partial charge in [0.25, 0.3) is 0 Å². The monoisotopic (exact) mass is 513 g/mol. The zero-order chi connectivity index (χ0) is 25.4. The summed E-state index contributed by atoms with van der Waals surface area (Å²) in [7, 11) is -3.92. The number of carbonyl (C=O) groups excluding carboxylic acids is 1. The van der Waals surface area contributed by atoms with E-state index in [-0.39, 0.29) is 36.7 Å². The van der Waals surface area contributed by atoms with Gasteiger partial charge in [-0.15, -0.1) is 0 Å². The lowest BCUT2D eigenvalue weighted by Crippen LogP contribution is -2.53. The van der Waals surface area contributed by atoms with E-state index in [1.807, 2.05) is 4.90 Å². The Morgan fingerprint density at radius 2 is 1.74 bits per heavy atom. The molecule has 1 unspecified atom stereocenters. The van der Waals surface area contributed by atoms with Gasteiger partial charge in [0.05, 0.1) is 16.9 Å². The van der Waals surface area contributed by atoms with Crippen LogP contribution in [0.15, 0.2) is 53.4 Å². The predicted octanol–water partition coefficient (Wildman–Crippen LogP) is 4.23. The molecule has 190 valence electrons. The minimum atomic E-state index is -4.33. The molecule has 1 aliphatic heterocycles. The maximum absolute atomic E-state index is 13.6. The van der Waals surface area contributed by atoms with E-state index in [4.69, 9.17) is 5.14 Å². The Morgan fingerprint density at radius 1 is 1.03 bits per heavy atom. The van der Waals surface area contributed by atoms with Crippen molar-refractivity contribution < 1.29 is 30.8 Å². The lowest BCUT2D eigenvalue weighted by atomic mass is 9.80. The van der Waals surface area contributed by atoms with Crippen molar-refractivity contribution in [1.82, 2.24) is 4.90 Å². The third kappa shape index (κ3) is 5.78. The molecule has 0 aromatic heterocycles. The van der Waals surface area contributed by atoms with E-state index in [0.717, 1.165) is 0 Å². The van der Waals surface area contributed by atoms with Crippen LogP contribution in [0.5, 0.6) is 0 Å². The van der Waals surface area contributed by atoms with Crippen LogP contribution in [0, 0.1) is 17.7 Å². The number of hydrogen-bond acceptors (Lipinski definition) is 4. The van der Waals surface area contributed by atoms with Crippen molar-refractivity contribution in [1.29, 1.82) is 0 Å². The second kappa shape index (κ2) is 9.77. The highest BCUT2D eigenvalue weighted by atomic mass is 32.2. The first-order valence-electron chi connectivity index (χ1n) is 11.4. The van der Waals surface area contributed by atoms with Crippen molar-refractivity contribution in [2.45, 2.75) is 42.8 Å². The molecule has 2 fully saturated rings. The molecule has 1 aliphatic carbocycles. The fourth-order valence-corrected chi connectivity index (χ4v) is 5.61. The van der Waals surface area contributed by atoms with E-state index in [0.29, 0.717) is 30.6 Å². The zero-order valence-electron chi connectivity index (χ0n) is 18.9. The van der Waals surface area contributed by atoms with Crippen molar-refractivity contribution in [2.24, 2.45) is 17.0 Å². The number of primary sulfonamides is 1. The molecule has 2 aromatic rings. The Morgan fingerprint density at radius 3 is 2.40 bits per heavy atom. The number of halogens is 4. The van der Waals surface area contributed by atoms with E-state index in [2.05, 4.69) is 0 Å². The third-order valence-electron chi connectivity index (χ3n) is 6.92. The highest BCUT2D eigenvalue weighted by Gasteiger charge is 2.45. The summed E-state index contributed by atoms with van der Waals surface area (Å²) in [5.74, 6) is -2.99. The Kier molecular flexibility index (Phi) is 7.10. The lowest BCUT2D eigenvalue weighted by Gasteiger charge is -2.44. The van der Waals surface area contributed by atoms with Gasteiger partial charge in [0.1, 0.15) is 5.82 Å². The highest BCUT2D eigenvalue weighted by Crippen LogP contribution is 2.41. The summed E-state index contributed by atoms with van der Waals surface area (Å²) in [6.45, 7) is 0.849. The highest BCUT2D eigenvalue weighted by molar-refractivity contribution is 7.89. The summed E-state index contributed by atoms with van der Waals surface area (Å²) in [4.78, 5) is 16.9. The average molecular weight is 514 g/mol. The van der Waals surface area contributed by atoms with Crippen molar-refractivity contribution in [2.75, 3.05) is 24.5 Å². The van der Waals surface area contributed by atoms with E-state index in [1.165, 1.54) is 24.3 Å². The summed E-state index contributed by atoms with van der Waals surface area (Å²) in [6, 6.07) is 11.3. The van der Waals surface area contributed by atoms with Crippen molar-refractivity contribution in [3.05, 3.63) is 59.9 Å². The van der Waals surface area contributed by atoms with Gasteiger partial charge in [-0.3, -0.25) is 4.79 Å². The van der Waals surface area contributed by atoms with Crippen LogP contribution < -0.4 is 10.0 Å². The lowest BCUT2D eigenvalue weighted by molar-refractivity contribution is -0.187. The van der Waals surface area contributed by atoms with Gasteiger partial charge in [0.15, 0.2) is 0 Å². The van der Waals surface area contributed by atoms with Crippen LogP contribution in [0.4, 0.5) is 23.2 Å². The molecule has 2 aliphatic rings. The minimum absolute atomic E-state index is 0.0306. The fraction of sp³-hybridized carbons (Fsp3) is 0.458. The number of hydrogen-bond donors (Lipinski definition) is 1. The molecule has 2 N–H and O–H groups in total. The molecule has 1 saturated carbocycles. The number of benzene rings is 2. The molecule has 11 heteroatoms. The van der Waals surface area contributed by atoms with Gasteiger partial charge in [0, 0.05) is 31.2 Å². The number of anilines is 1. The van der Waals surface area contributed by atoms with Crippen molar-refractivity contribution >= 4 is 21.6 Å². The normalized spacial score (nSPS) is 23.9. The zero-order valence-corrected chi connectivity index (χ0v) is 19.7. The summed E-state index contributed by atoms with van der Waals surface area (Å²) in [6.07, 6.45) is -3.79. The third-order valence-corrected chi connectivity index (χ3v) is 7.83. The first kappa shape index (κ1) is 25.4. The van der Waals surface area contributed by atoms with Crippen LogP contribution >= 0.6 is 0 Å². The molecule has 1 amide bonds. The van der Waals surface area contributed by atoms with Crippen LogP contribution in [-0.2, 0) is 14.8 Å². The molecule has 4 rings (SSSR count). The summed E-state index contributed by atoms with van der Waals surface area (Å²) in [5, 5.41) is 5.26. The average Bonchev–Trinajstić information content (AvgIpc) is 2.83. The van der Waals surface area contributed by atoms with Gasteiger partial charge >= 0.3 is 6.18 Å². The van der Waals surface area contributed by atoms with Crippen LogP contribution in [0.25, 0.3) is 0 Å². The molecular formula is C24H27F4N3O3S. The smallest absolute Gasteiger partial charge is 0.367 e. The Hall–Kier alpha value is -2.66. The summed E-state index contributed by atoms with van der Waals surface area (Å²) in [5.41, 5.74) is 1.24. The van der Waals surface area contributed by atoms with Crippen molar-refractivity contribution in [3.8, 4) is 0 Å². The Bertz CT molecular complexity index is 1170. The maximum atomic E-state index is 13.6. The second-order valence-electron chi connectivity index (χ2n) is 9.19. The van der Waals surface area contributed by atoms with Crippen LogP contribution in [0.3, 0.4) is 0 Å². The van der Waals surface area contributed by atoms with Gasteiger partial charge in [-0.25, -0.2) is 17.9 Å². The largest absolute Gasteiger partial charge is 0.391 e. The number of rotatable bonds is 4. The van der Waals surface area contributed by atoms with Crippen LogP contribution in [-0.4, -0.2) is 45.0 Å². The predicted molar refractivity (Wildman–Crippen MR) is 122 cm³/mol. The summed E-state index contributed by atoms with van der Waals surface area (Å²) < 4.78 is 77.2. The quantitative estimate of drug-likeness (QED) is 0.621. The topological polar surface area (TPSA) is 83.7 Å². The van der Waals surface area contributed by atoms with E-state index in [1.54, 1.807) is 29.2 Å². The van der Waals surface area contributed by atoms with Gasteiger partial charge in [0.2, 0.25) is 15.9 Å². The fourth-order valence-electron chi connectivity index (χ4n) is 5.05. The molecule has 0 radical (unpaired) electrons. The first-order valence-corrected chi connectivity index (χ1v) is 13.0. The molecule has 6 nitrogen and oxygen atoms in total. The van der Waals surface area contributed by atoms with Gasteiger partial charge in [-0.05, 0) is 55.2 Å². The van der Waals surface area contributed by atoms with E-state index in [9.17, 15) is 30.8 Å². The SMILES string of the molecule is NS(=O)(=O)c1cccc(N2CCN(C(=O)C3CCC[C@@H](C(F)(F)F)C3)[C@@H](c3ccc(F)cc3)C2)c1. The number of sulfonamides is 1. The molecule has 35 heavy (non-hydrogen) atoms. The second-order valence-corrected chi connectivity index (χ2v) is 10.8. The van der Waals surface area contributed by atoms with Crippen LogP contribution in [0.2, 0.25) is 0 Å². The van der Waals surface area contributed by atoms with E-state index < -0.39 is 39.9 Å². The first-order chi connectivity index (χ1) is 16.4. The number of nitrogens with two attached hydrogens (primary N) is 1. The van der Waals surface area contributed by atoms with E-state index >= 15 is 0 Å². The van der Waals surface area contributed by atoms with Gasteiger partial charge < -0.3 is 9.80 Å². The molecule has 2 aromatic carbocycles. The Balaban J connectivity index is 1.61. The number of piperazine rings is 1. The Labute approximate surface area is 201 Å². The van der Waals surface area contributed by atoms with Crippen LogP contribution in [0.1, 0.15) is 37.3 Å². The van der Waals surface area contributed by atoms with Crippen molar-refractivity contribution in [3.63, 3.8) is 0 Å². The van der Waals surface area contributed by atoms with Gasteiger partial charge in [-0.1, -0.05) is 24.6 Å². The number of nitrogens with zero attached hydrogens (tertiary/aromatic N) is 2. The molecule has 3 atom stereocenters. The maximum Gasteiger partial charge on any atom is 0.391 e. The molecule has 1 saturated heterocycles. The summed E-state index contributed by atoms with van der Waals surface area (Å²) >= 11 is 0. The molecular weight excluding hydrogens is 486 g/mol. The number of carbonyl (C=O) groups is 1. The molecule has 0 bridgehead atoms. The number of alkyl halides is 3.